The molecule has 0 amide bonds. The minimum absolute atomic E-state index is 0.0949. The highest BCUT2D eigenvalue weighted by Crippen LogP contribution is 2.46. The molecule has 0 saturated heterocycles. The van der Waals surface area contributed by atoms with E-state index in [0.717, 1.165) is 6.07 Å². The van der Waals surface area contributed by atoms with E-state index in [-0.39, 0.29) is 11.5 Å². The first-order chi connectivity index (χ1) is 11.3. The molecular formula is C18H16F5O2. The molecule has 25 heavy (non-hydrogen) atoms. The third kappa shape index (κ3) is 3.86. The maximum absolute atomic E-state index is 13.5. The summed E-state index contributed by atoms with van der Waals surface area (Å²) in [5.41, 5.74) is -1.21. The molecule has 0 saturated carbocycles. The second kappa shape index (κ2) is 6.20. The first kappa shape index (κ1) is 19.0. The van der Waals surface area contributed by atoms with Crippen molar-refractivity contribution in [1.82, 2.24) is 0 Å². The predicted octanol–water partition coefficient (Wildman–Crippen LogP) is 6.57. The minimum atomic E-state index is -5.72. The van der Waals surface area contributed by atoms with Crippen LogP contribution in [0.1, 0.15) is 31.9 Å². The van der Waals surface area contributed by atoms with Crippen LogP contribution in [0.15, 0.2) is 42.5 Å². The molecule has 2 rings (SSSR count). The van der Waals surface area contributed by atoms with Crippen molar-refractivity contribution in [3.05, 3.63) is 53.6 Å². The van der Waals surface area contributed by atoms with Crippen molar-refractivity contribution in [3.8, 4) is 17.2 Å². The summed E-state index contributed by atoms with van der Waals surface area (Å²) in [7, 11) is 0. The summed E-state index contributed by atoms with van der Waals surface area (Å²) in [4.78, 5) is 0. The molecule has 0 spiro atoms. The fraction of sp³-hybridized carbons (Fsp3) is 0.333. The second-order valence-corrected chi connectivity index (χ2v) is 6.58. The van der Waals surface area contributed by atoms with Crippen LogP contribution in [0.2, 0.25) is 0 Å². The number of para-hydroxylation sites is 1. The Morgan fingerprint density at radius 3 is 2.04 bits per heavy atom. The third-order valence-electron chi connectivity index (χ3n) is 3.56. The first-order valence-electron chi connectivity index (χ1n) is 7.37. The number of ether oxygens (including phenoxy) is 1. The molecule has 2 aromatic rings. The molecule has 2 aromatic carbocycles. The highest BCUT2D eigenvalue weighted by Gasteiger charge is 2.58. The second-order valence-electron chi connectivity index (χ2n) is 6.58. The van der Waals surface area contributed by atoms with E-state index in [0.29, 0.717) is 17.7 Å². The van der Waals surface area contributed by atoms with Crippen molar-refractivity contribution in [2.75, 3.05) is 0 Å². The number of alkyl halides is 5. The van der Waals surface area contributed by atoms with Crippen molar-refractivity contribution in [2.45, 2.75) is 38.3 Å². The fourth-order valence-corrected chi connectivity index (χ4v) is 2.25. The summed E-state index contributed by atoms with van der Waals surface area (Å²) in [6.07, 6.45) is -5.72. The summed E-state index contributed by atoms with van der Waals surface area (Å²) < 4.78 is 69.9. The number of benzene rings is 2. The van der Waals surface area contributed by atoms with Gasteiger partial charge in [-0.3, -0.25) is 5.11 Å². The van der Waals surface area contributed by atoms with Crippen LogP contribution < -0.4 is 4.74 Å². The molecule has 0 aliphatic rings. The van der Waals surface area contributed by atoms with Gasteiger partial charge in [-0.1, -0.05) is 45.0 Å². The van der Waals surface area contributed by atoms with Gasteiger partial charge in [0.2, 0.25) is 5.75 Å². The van der Waals surface area contributed by atoms with E-state index in [1.54, 1.807) is 6.07 Å². The van der Waals surface area contributed by atoms with E-state index in [9.17, 15) is 27.1 Å². The lowest BCUT2D eigenvalue weighted by Gasteiger charge is -2.23. The monoisotopic (exact) mass is 359 g/mol. The van der Waals surface area contributed by atoms with E-state index in [2.05, 4.69) is 0 Å². The third-order valence-corrected chi connectivity index (χ3v) is 3.56. The average Bonchev–Trinajstić information content (AvgIpc) is 2.47. The molecule has 0 aromatic heterocycles. The van der Waals surface area contributed by atoms with E-state index < -0.39 is 28.8 Å². The zero-order chi connectivity index (χ0) is 19.0. The molecule has 0 fully saturated rings. The average molecular weight is 359 g/mol. The summed E-state index contributed by atoms with van der Waals surface area (Å²) in [5.74, 6) is -5.87. The molecule has 2 nitrogen and oxygen atoms in total. The van der Waals surface area contributed by atoms with Crippen LogP contribution in [-0.2, 0) is 16.4 Å². The van der Waals surface area contributed by atoms with Crippen LogP contribution in [0.3, 0.4) is 0 Å². The fourth-order valence-electron chi connectivity index (χ4n) is 2.25. The molecule has 0 atom stereocenters. The maximum Gasteiger partial charge on any atom is 0.458 e. The summed E-state index contributed by atoms with van der Waals surface area (Å²) in [6.45, 7) is 5.47. The number of rotatable bonds is 3. The van der Waals surface area contributed by atoms with Gasteiger partial charge in [-0.15, -0.1) is 0 Å². The molecule has 0 bridgehead atoms. The van der Waals surface area contributed by atoms with Crippen LogP contribution in [0.4, 0.5) is 22.0 Å². The summed E-state index contributed by atoms with van der Waals surface area (Å²) in [5, 5.41) is 12.1. The Morgan fingerprint density at radius 2 is 1.48 bits per heavy atom. The van der Waals surface area contributed by atoms with Crippen LogP contribution in [0.25, 0.3) is 0 Å². The Kier molecular flexibility index (Phi) is 4.72. The molecule has 135 valence electrons. The van der Waals surface area contributed by atoms with Gasteiger partial charge in [0, 0.05) is 11.1 Å². The zero-order valence-electron chi connectivity index (χ0n) is 13.7. The van der Waals surface area contributed by atoms with Crippen LogP contribution >= 0.6 is 0 Å². The highest BCUT2D eigenvalue weighted by atomic mass is 19.4. The Balaban J connectivity index is 2.46. The molecule has 0 unspecified atom stereocenters. The molecular weight excluding hydrogens is 343 g/mol. The molecule has 0 N–H and O–H groups in total. The smallest absolute Gasteiger partial charge is 0.453 e. The Morgan fingerprint density at radius 1 is 0.880 bits per heavy atom. The van der Waals surface area contributed by atoms with Gasteiger partial charge in [0.15, 0.2) is 5.75 Å². The van der Waals surface area contributed by atoms with Gasteiger partial charge >= 0.3 is 12.1 Å². The molecule has 0 aliphatic heterocycles. The summed E-state index contributed by atoms with van der Waals surface area (Å²) >= 11 is 0. The molecule has 0 aliphatic carbocycles. The van der Waals surface area contributed by atoms with Gasteiger partial charge in [-0.2, -0.15) is 22.0 Å². The van der Waals surface area contributed by atoms with E-state index >= 15 is 0 Å². The lowest BCUT2D eigenvalue weighted by molar-refractivity contribution is -0.289. The first-order valence-corrected chi connectivity index (χ1v) is 7.37. The van der Waals surface area contributed by atoms with Gasteiger partial charge in [-0.05, 0) is 23.6 Å². The van der Waals surface area contributed by atoms with Gasteiger partial charge in [0.05, 0.1) is 0 Å². The van der Waals surface area contributed by atoms with E-state index in [1.807, 2.05) is 20.8 Å². The quantitative estimate of drug-likeness (QED) is 0.570. The summed E-state index contributed by atoms with van der Waals surface area (Å²) in [6, 6.07) is 7.90. The molecule has 7 heteroatoms. The predicted molar refractivity (Wildman–Crippen MR) is 81.7 cm³/mol. The topological polar surface area (TPSA) is 29.1 Å². The van der Waals surface area contributed by atoms with Crippen LogP contribution in [0.5, 0.6) is 17.2 Å². The molecule has 1 radical (unpaired) electrons. The zero-order valence-corrected chi connectivity index (χ0v) is 13.7. The number of hydrogen-bond acceptors (Lipinski definition) is 1. The van der Waals surface area contributed by atoms with Crippen LogP contribution in [-0.4, -0.2) is 6.18 Å². The number of hydrogen-bond donors (Lipinski definition) is 0. The van der Waals surface area contributed by atoms with Crippen molar-refractivity contribution in [2.24, 2.45) is 0 Å². The van der Waals surface area contributed by atoms with Crippen molar-refractivity contribution < 1.29 is 31.8 Å². The van der Waals surface area contributed by atoms with Crippen molar-refractivity contribution >= 4 is 0 Å². The van der Waals surface area contributed by atoms with Crippen molar-refractivity contribution in [3.63, 3.8) is 0 Å². The highest BCUT2D eigenvalue weighted by molar-refractivity contribution is 5.51. The van der Waals surface area contributed by atoms with Gasteiger partial charge < -0.3 is 4.74 Å². The maximum atomic E-state index is 13.5. The Hall–Kier alpha value is -2.31. The Labute approximate surface area is 141 Å². The standard InChI is InChI=1S/C18H16F5O2/c1-16(2,3)13-8-5-9-14(24)15(13)25-12-7-4-6-11(10-12)17(19,20)18(21,22)23/h4-10H,1-3H3. The Bertz CT molecular complexity index is 761. The van der Waals surface area contributed by atoms with Gasteiger partial charge in [-0.25, -0.2) is 0 Å². The normalized spacial score (nSPS) is 13.0. The largest absolute Gasteiger partial charge is 0.458 e. The SMILES string of the molecule is CC(C)(C)c1cccc([O])c1Oc1cccc(C(F)(F)C(F)(F)F)c1. The van der Waals surface area contributed by atoms with Crippen molar-refractivity contribution in [1.29, 1.82) is 0 Å². The lowest BCUT2D eigenvalue weighted by Crippen LogP contribution is -2.33. The molecule has 0 heterocycles. The van der Waals surface area contributed by atoms with Crippen LogP contribution in [0, 0.1) is 0 Å². The van der Waals surface area contributed by atoms with E-state index in [4.69, 9.17) is 4.74 Å². The van der Waals surface area contributed by atoms with Gasteiger partial charge in [0.1, 0.15) is 5.75 Å². The lowest BCUT2D eigenvalue weighted by atomic mass is 9.86. The van der Waals surface area contributed by atoms with E-state index in [1.165, 1.54) is 18.2 Å². The minimum Gasteiger partial charge on any atom is -0.453 e. The number of halogens is 5. The van der Waals surface area contributed by atoms with Gasteiger partial charge in [0.25, 0.3) is 0 Å².